The number of benzene rings is 2. The van der Waals surface area contributed by atoms with Crippen molar-refractivity contribution in [2.45, 2.75) is 13.8 Å². The van der Waals surface area contributed by atoms with E-state index in [-0.39, 0.29) is 11.5 Å². The summed E-state index contributed by atoms with van der Waals surface area (Å²) in [4.78, 5) is 23.7. The molecule has 1 amide bonds. The number of carboxylic acid groups (broad SMARTS) is 1. The van der Waals surface area contributed by atoms with Gasteiger partial charge in [-0.15, -0.1) is 0 Å². The van der Waals surface area contributed by atoms with E-state index in [2.05, 4.69) is 27.9 Å². The monoisotopic (exact) mass is 395 g/mol. The fourth-order valence-corrected chi connectivity index (χ4v) is 2.62. The Hall–Kier alpha value is -1.89. The van der Waals surface area contributed by atoms with Crippen molar-refractivity contribution in [2.75, 3.05) is 5.32 Å². The van der Waals surface area contributed by atoms with E-state index in [9.17, 15) is 14.7 Å². The van der Waals surface area contributed by atoms with E-state index in [1.54, 1.807) is 25.1 Å². The zero-order chi connectivity index (χ0) is 15.6. The second-order valence-electron chi connectivity index (χ2n) is 4.69. The van der Waals surface area contributed by atoms with E-state index in [1.165, 1.54) is 6.07 Å². The minimum absolute atomic E-state index is 0.0889. The third-order valence-corrected chi connectivity index (χ3v) is 4.61. The Labute approximate surface area is 136 Å². The molecular formula is C16H14INO3. The third kappa shape index (κ3) is 3.24. The van der Waals surface area contributed by atoms with Crippen molar-refractivity contribution in [3.05, 3.63) is 62.2 Å². The summed E-state index contributed by atoms with van der Waals surface area (Å²) in [5.41, 5.74) is 2.69. The number of aromatic carboxylic acids is 1. The summed E-state index contributed by atoms with van der Waals surface area (Å²) in [5.74, 6) is -1.37. The highest BCUT2D eigenvalue weighted by Gasteiger charge is 2.17. The molecule has 0 radical (unpaired) electrons. The first kappa shape index (κ1) is 15.5. The van der Waals surface area contributed by atoms with Crippen LogP contribution in [0.2, 0.25) is 0 Å². The molecule has 21 heavy (non-hydrogen) atoms. The lowest BCUT2D eigenvalue weighted by atomic mass is 10.1. The molecule has 0 bridgehead atoms. The van der Waals surface area contributed by atoms with Crippen LogP contribution in [-0.2, 0) is 0 Å². The molecule has 0 saturated carbocycles. The van der Waals surface area contributed by atoms with Crippen molar-refractivity contribution in [3.63, 3.8) is 0 Å². The van der Waals surface area contributed by atoms with Gasteiger partial charge >= 0.3 is 5.97 Å². The predicted octanol–water partition coefficient (Wildman–Crippen LogP) is 3.86. The molecule has 0 unspecified atom stereocenters. The minimum atomic E-state index is -1.06. The number of nitrogens with one attached hydrogen (secondary N) is 1. The Morgan fingerprint density at radius 3 is 2.19 bits per heavy atom. The second kappa shape index (κ2) is 6.26. The zero-order valence-electron chi connectivity index (χ0n) is 11.6. The van der Waals surface area contributed by atoms with Gasteiger partial charge in [-0.25, -0.2) is 4.79 Å². The van der Waals surface area contributed by atoms with Crippen LogP contribution in [0, 0.1) is 17.4 Å². The van der Waals surface area contributed by atoms with E-state index in [1.807, 2.05) is 19.1 Å². The standard InChI is InChI=1S/C16H14INO3/c1-9-5-3-7-11(13(9)17)15(19)18-14-10(2)6-4-8-12(14)16(20)21/h3-8H,1-2H3,(H,18,19)(H,20,21). The van der Waals surface area contributed by atoms with Crippen LogP contribution in [0.25, 0.3) is 0 Å². The smallest absolute Gasteiger partial charge is 0.337 e. The molecule has 0 atom stereocenters. The average Bonchev–Trinajstić information content (AvgIpc) is 2.43. The summed E-state index contributed by atoms with van der Waals surface area (Å²) in [7, 11) is 0. The Morgan fingerprint density at radius 2 is 1.57 bits per heavy atom. The molecule has 2 N–H and O–H groups in total. The first-order chi connectivity index (χ1) is 9.91. The maximum absolute atomic E-state index is 12.4. The molecule has 0 spiro atoms. The lowest BCUT2D eigenvalue weighted by Crippen LogP contribution is -2.17. The van der Waals surface area contributed by atoms with Crippen LogP contribution in [0.3, 0.4) is 0 Å². The summed E-state index contributed by atoms with van der Waals surface area (Å²) in [6.07, 6.45) is 0. The predicted molar refractivity (Wildman–Crippen MR) is 90.0 cm³/mol. The zero-order valence-corrected chi connectivity index (χ0v) is 13.8. The quantitative estimate of drug-likeness (QED) is 0.776. The Kier molecular flexibility index (Phi) is 4.62. The lowest BCUT2D eigenvalue weighted by molar-refractivity contribution is 0.0698. The van der Waals surface area contributed by atoms with Gasteiger partial charge in [0.25, 0.3) is 5.91 Å². The van der Waals surface area contributed by atoms with Crippen molar-refractivity contribution >= 4 is 40.2 Å². The summed E-state index contributed by atoms with van der Waals surface area (Å²) in [6, 6.07) is 10.4. The molecule has 0 aliphatic carbocycles. The normalized spacial score (nSPS) is 10.2. The van der Waals surface area contributed by atoms with E-state index < -0.39 is 5.97 Å². The minimum Gasteiger partial charge on any atom is -0.478 e. The van der Waals surface area contributed by atoms with Gasteiger partial charge in [0.05, 0.1) is 16.8 Å². The number of anilines is 1. The molecule has 0 aliphatic heterocycles. The van der Waals surface area contributed by atoms with E-state index >= 15 is 0 Å². The number of para-hydroxylation sites is 1. The maximum atomic E-state index is 12.4. The maximum Gasteiger partial charge on any atom is 0.337 e. The van der Waals surface area contributed by atoms with Crippen molar-refractivity contribution in [2.24, 2.45) is 0 Å². The molecule has 0 fully saturated rings. The molecule has 4 nitrogen and oxygen atoms in total. The fourth-order valence-electron chi connectivity index (χ4n) is 2.02. The second-order valence-corrected chi connectivity index (χ2v) is 5.77. The molecular weight excluding hydrogens is 381 g/mol. The molecule has 2 aromatic rings. The number of carboxylic acids is 1. The summed E-state index contributed by atoms with van der Waals surface area (Å²) in [6.45, 7) is 3.69. The SMILES string of the molecule is Cc1cccc(C(=O)Nc2c(C)cccc2C(=O)O)c1I. The molecule has 2 rings (SSSR count). The highest BCUT2D eigenvalue weighted by atomic mass is 127. The number of carbonyl (C=O) groups excluding carboxylic acids is 1. The van der Waals surface area contributed by atoms with Crippen molar-refractivity contribution in [3.8, 4) is 0 Å². The van der Waals surface area contributed by atoms with Gasteiger partial charge < -0.3 is 10.4 Å². The first-order valence-electron chi connectivity index (χ1n) is 6.31. The number of aryl methyl sites for hydroxylation is 2. The molecule has 108 valence electrons. The van der Waals surface area contributed by atoms with Gasteiger partial charge in [-0.3, -0.25) is 4.79 Å². The number of amides is 1. The van der Waals surface area contributed by atoms with Gasteiger partial charge in [-0.2, -0.15) is 0 Å². The number of carbonyl (C=O) groups is 2. The van der Waals surface area contributed by atoms with Crippen LogP contribution in [0.15, 0.2) is 36.4 Å². The van der Waals surface area contributed by atoms with Crippen molar-refractivity contribution in [1.29, 1.82) is 0 Å². The van der Waals surface area contributed by atoms with Crippen LogP contribution in [0.1, 0.15) is 31.8 Å². The molecule has 2 aromatic carbocycles. The van der Waals surface area contributed by atoms with Crippen LogP contribution in [0.4, 0.5) is 5.69 Å². The highest BCUT2D eigenvalue weighted by molar-refractivity contribution is 14.1. The van der Waals surface area contributed by atoms with E-state index in [4.69, 9.17) is 0 Å². The fraction of sp³-hybridized carbons (Fsp3) is 0.125. The van der Waals surface area contributed by atoms with Gasteiger partial charge in [0.1, 0.15) is 0 Å². The van der Waals surface area contributed by atoms with Gasteiger partial charge in [0.15, 0.2) is 0 Å². The summed E-state index contributed by atoms with van der Waals surface area (Å²) in [5, 5.41) is 11.9. The number of hydrogen-bond acceptors (Lipinski definition) is 2. The van der Waals surface area contributed by atoms with Gasteiger partial charge in [0, 0.05) is 3.57 Å². The number of rotatable bonds is 3. The third-order valence-electron chi connectivity index (χ3n) is 3.18. The lowest BCUT2D eigenvalue weighted by Gasteiger charge is -2.13. The van der Waals surface area contributed by atoms with Gasteiger partial charge in [-0.05, 0) is 59.7 Å². The average molecular weight is 395 g/mol. The Balaban J connectivity index is 2.41. The summed E-state index contributed by atoms with van der Waals surface area (Å²) < 4.78 is 0.859. The van der Waals surface area contributed by atoms with Crippen LogP contribution in [-0.4, -0.2) is 17.0 Å². The van der Waals surface area contributed by atoms with Crippen LogP contribution in [0.5, 0.6) is 0 Å². The van der Waals surface area contributed by atoms with Crippen molar-refractivity contribution < 1.29 is 14.7 Å². The Morgan fingerprint density at radius 1 is 1.00 bits per heavy atom. The van der Waals surface area contributed by atoms with E-state index in [0.717, 1.165) is 9.13 Å². The van der Waals surface area contributed by atoms with Crippen LogP contribution >= 0.6 is 22.6 Å². The Bertz CT molecular complexity index is 725. The summed E-state index contributed by atoms with van der Waals surface area (Å²) >= 11 is 2.12. The molecule has 0 aromatic heterocycles. The molecule has 0 aliphatic rings. The topological polar surface area (TPSA) is 66.4 Å². The molecule has 5 heteroatoms. The number of hydrogen-bond donors (Lipinski definition) is 2. The molecule has 0 heterocycles. The van der Waals surface area contributed by atoms with Crippen LogP contribution < -0.4 is 5.32 Å². The highest BCUT2D eigenvalue weighted by Crippen LogP contribution is 2.23. The largest absolute Gasteiger partial charge is 0.478 e. The van der Waals surface area contributed by atoms with Crippen molar-refractivity contribution in [1.82, 2.24) is 0 Å². The number of halogens is 1. The first-order valence-corrected chi connectivity index (χ1v) is 7.39. The molecule has 0 saturated heterocycles. The van der Waals surface area contributed by atoms with E-state index in [0.29, 0.717) is 16.8 Å². The van der Waals surface area contributed by atoms with Gasteiger partial charge in [0.2, 0.25) is 0 Å². The van der Waals surface area contributed by atoms with Gasteiger partial charge in [-0.1, -0.05) is 24.3 Å².